The van der Waals surface area contributed by atoms with E-state index >= 15 is 0 Å². The summed E-state index contributed by atoms with van der Waals surface area (Å²) in [5.74, 6) is 0.764. The Labute approximate surface area is 75.5 Å². The zero-order valence-corrected chi connectivity index (χ0v) is 8.52. The van der Waals surface area contributed by atoms with Crippen LogP contribution < -0.4 is 0 Å². The fourth-order valence-electron chi connectivity index (χ4n) is 2.87. The molecule has 1 saturated carbocycles. The van der Waals surface area contributed by atoms with Gasteiger partial charge in [0, 0.05) is 0 Å². The summed E-state index contributed by atoms with van der Waals surface area (Å²) in [6.45, 7) is 7.97. The lowest BCUT2D eigenvalue weighted by Crippen LogP contribution is -2.37. The van der Waals surface area contributed by atoms with Gasteiger partial charge in [0.05, 0.1) is 12.2 Å². The number of fused-ring (bicyclic) bond motifs is 2. The average Bonchev–Trinajstić information content (AvgIpc) is 2.36. The molecule has 12 heavy (non-hydrogen) atoms. The zero-order chi connectivity index (χ0) is 8.82. The predicted octanol–water partition coefficient (Wildman–Crippen LogP) is 2.99. The van der Waals surface area contributed by atoms with E-state index < -0.39 is 0 Å². The molecule has 0 radical (unpaired) electrons. The molecule has 70 valence electrons. The van der Waals surface area contributed by atoms with E-state index in [1.165, 1.54) is 25.7 Å². The maximum atomic E-state index is 5.97. The van der Waals surface area contributed by atoms with Crippen LogP contribution in [0, 0.1) is 11.3 Å². The quantitative estimate of drug-likeness (QED) is 0.585. The molecule has 1 saturated heterocycles. The standard InChI is InChI=1S/C11H20O/c1-4-11-6-5-9(2)10(3,7-11)12-8-11/h9H,4-8H2,1-3H3/t9-,10?,11+/m0/s1. The molecule has 1 heterocycles. The molecule has 2 rings (SSSR count). The summed E-state index contributed by atoms with van der Waals surface area (Å²) in [6, 6.07) is 0. The fourth-order valence-corrected chi connectivity index (χ4v) is 2.87. The second-order valence-electron chi connectivity index (χ2n) is 5.07. The van der Waals surface area contributed by atoms with Gasteiger partial charge in [-0.05, 0) is 43.9 Å². The monoisotopic (exact) mass is 168 g/mol. The number of rotatable bonds is 1. The molecule has 2 aliphatic rings. The van der Waals surface area contributed by atoms with Crippen LogP contribution in [0.5, 0.6) is 0 Å². The Bertz CT molecular complexity index is 181. The van der Waals surface area contributed by atoms with Crippen LogP contribution in [-0.2, 0) is 4.74 Å². The van der Waals surface area contributed by atoms with Gasteiger partial charge in [-0.15, -0.1) is 0 Å². The van der Waals surface area contributed by atoms with Crippen molar-refractivity contribution in [2.24, 2.45) is 11.3 Å². The summed E-state index contributed by atoms with van der Waals surface area (Å²) in [5, 5.41) is 0. The van der Waals surface area contributed by atoms with Gasteiger partial charge in [-0.3, -0.25) is 0 Å². The normalized spacial score (nSPS) is 52.8. The zero-order valence-electron chi connectivity index (χ0n) is 8.52. The van der Waals surface area contributed by atoms with Crippen LogP contribution in [-0.4, -0.2) is 12.2 Å². The Balaban J connectivity index is 2.20. The molecule has 1 aliphatic heterocycles. The highest BCUT2D eigenvalue weighted by atomic mass is 16.5. The van der Waals surface area contributed by atoms with Crippen LogP contribution in [0.25, 0.3) is 0 Å². The third kappa shape index (κ3) is 1.02. The molecule has 1 nitrogen and oxygen atoms in total. The summed E-state index contributed by atoms with van der Waals surface area (Å²) in [6.07, 6.45) is 5.36. The Morgan fingerprint density at radius 3 is 2.92 bits per heavy atom. The van der Waals surface area contributed by atoms with Crippen molar-refractivity contribution in [3.05, 3.63) is 0 Å². The summed E-state index contributed by atoms with van der Waals surface area (Å²) in [7, 11) is 0. The maximum Gasteiger partial charge on any atom is 0.0686 e. The summed E-state index contributed by atoms with van der Waals surface area (Å²) < 4.78 is 5.97. The molecule has 1 unspecified atom stereocenters. The van der Waals surface area contributed by atoms with Crippen molar-refractivity contribution in [2.75, 3.05) is 6.61 Å². The van der Waals surface area contributed by atoms with Gasteiger partial charge in [-0.2, -0.15) is 0 Å². The lowest BCUT2D eigenvalue weighted by atomic mass is 9.66. The summed E-state index contributed by atoms with van der Waals surface area (Å²) >= 11 is 0. The second kappa shape index (κ2) is 2.47. The molecule has 1 aliphatic carbocycles. The third-order valence-electron chi connectivity index (χ3n) is 4.33. The topological polar surface area (TPSA) is 9.23 Å². The molecule has 3 atom stereocenters. The van der Waals surface area contributed by atoms with E-state index in [4.69, 9.17) is 4.74 Å². The van der Waals surface area contributed by atoms with Gasteiger partial charge >= 0.3 is 0 Å². The van der Waals surface area contributed by atoms with Gasteiger partial charge < -0.3 is 4.74 Å². The van der Waals surface area contributed by atoms with Gasteiger partial charge in [0.15, 0.2) is 0 Å². The fraction of sp³-hybridized carbons (Fsp3) is 1.00. The highest BCUT2D eigenvalue weighted by Crippen LogP contribution is 2.53. The van der Waals surface area contributed by atoms with Gasteiger partial charge in [0.2, 0.25) is 0 Å². The predicted molar refractivity (Wildman–Crippen MR) is 50.1 cm³/mol. The molecule has 0 spiro atoms. The van der Waals surface area contributed by atoms with Crippen LogP contribution >= 0.6 is 0 Å². The van der Waals surface area contributed by atoms with Crippen LogP contribution in [0.1, 0.15) is 46.5 Å². The van der Waals surface area contributed by atoms with E-state index in [-0.39, 0.29) is 5.60 Å². The minimum atomic E-state index is 0.217. The summed E-state index contributed by atoms with van der Waals surface area (Å²) in [4.78, 5) is 0. The minimum absolute atomic E-state index is 0.217. The highest BCUT2D eigenvalue weighted by molar-refractivity contribution is 5.01. The Morgan fingerprint density at radius 1 is 1.50 bits per heavy atom. The molecular weight excluding hydrogens is 148 g/mol. The van der Waals surface area contributed by atoms with Crippen molar-refractivity contribution in [2.45, 2.75) is 52.1 Å². The van der Waals surface area contributed by atoms with Crippen molar-refractivity contribution in [1.82, 2.24) is 0 Å². The van der Waals surface area contributed by atoms with Crippen LogP contribution in [0.15, 0.2) is 0 Å². The molecule has 0 N–H and O–H groups in total. The molecule has 0 aromatic carbocycles. The van der Waals surface area contributed by atoms with Crippen molar-refractivity contribution >= 4 is 0 Å². The van der Waals surface area contributed by atoms with E-state index in [0.29, 0.717) is 5.41 Å². The number of ether oxygens (including phenoxy) is 1. The average molecular weight is 168 g/mol. The molecule has 0 aromatic rings. The van der Waals surface area contributed by atoms with Crippen LogP contribution in [0.3, 0.4) is 0 Å². The molecule has 2 fully saturated rings. The van der Waals surface area contributed by atoms with Gasteiger partial charge in [0.1, 0.15) is 0 Å². The van der Waals surface area contributed by atoms with Crippen LogP contribution in [0.2, 0.25) is 0 Å². The number of hydrogen-bond acceptors (Lipinski definition) is 1. The summed E-state index contributed by atoms with van der Waals surface area (Å²) in [5.41, 5.74) is 0.773. The van der Waals surface area contributed by atoms with Crippen molar-refractivity contribution in [3.63, 3.8) is 0 Å². The molecule has 0 aromatic heterocycles. The first-order valence-electron chi connectivity index (χ1n) is 5.24. The first kappa shape index (κ1) is 8.55. The van der Waals surface area contributed by atoms with Crippen LogP contribution in [0.4, 0.5) is 0 Å². The van der Waals surface area contributed by atoms with E-state index in [0.717, 1.165) is 12.5 Å². The first-order chi connectivity index (χ1) is 5.60. The largest absolute Gasteiger partial charge is 0.374 e. The van der Waals surface area contributed by atoms with E-state index in [2.05, 4.69) is 20.8 Å². The van der Waals surface area contributed by atoms with Gasteiger partial charge in [-0.25, -0.2) is 0 Å². The molecule has 2 bridgehead atoms. The lowest BCUT2D eigenvalue weighted by molar-refractivity contribution is -0.0233. The Hall–Kier alpha value is -0.0400. The van der Waals surface area contributed by atoms with Crippen molar-refractivity contribution < 1.29 is 4.74 Å². The van der Waals surface area contributed by atoms with E-state index in [1.54, 1.807) is 0 Å². The van der Waals surface area contributed by atoms with E-state index in [1.807, 2.05) is 0 Å². The smallest absolute Gasteiger partial charge is 0.0686 e. The molecular formula is C11H20O. The number of hydrogen-bond donors (Lipinski definition) is 0. The Morgan fingerprint density at radius 2 is 2.25 bits per heavy atom. The minimum Gasteiger partial charge on any atom is -0.374 e. The SMILES string of the molecule is CC[C@@]12CC[C@H](C)C(C)(C1)OC2. The Kier molecular flexibility index (Phi) is 1.76. The lowest BCUT2D eigenvalue weighted by Gasteiger charge is -2.39. The third-order valence-corrected chi connectivity index (χ3v) is 4.33. The highest BCUT2D eigenvalue weighted by Gasteiger charge is 2.51. The second-order valence-corrected chi connectivity index (χ2v) is 5.07. The maximum absolute atomic E-state index is 5.97. The molecule has 0 amide bonds. The first-order valence-corrected chi connectivity index (χ1v) is 5.24. The van der Waals surface area contributed by atoms with E-state index in [9.17, 15) is 0 Å². The van der Waals surface area contributed by atoms with Gasteiger partial charge in [-0.1, -0.05) is 13.8 Å². The van der Waals surface area contributed by atoms with Gasteiger partial charge in [0.25, 0.3) is 0 Å². The van der Waals surface area contributed by atoms with Crippen molar-refractivity contribution in [1.29, 1.82) is 0 Å². The molecule has 1 heteroatoms. The van der Waals surface area contributed by atoms with Crippen molar-refractivity contribution in [3.8, 4) is 0 Å².